The summed E-state index contributed by atoms with van der Waals surface area (Å²) >= 11 is 1.67. The molecule has 0 aliphatic rings. The highest BCUT2D eigenvalue weighted by molar-refractivity contribution is 7.21. The van der Waals surface area contributed by atoms with Gasteiger partial charge in [0.05, 0.1) is 11.4 Å². The Morgan fingerprint density at radius 3 is 2.62 bits per heavy atom. The van der Waals surface area contributed by atoms with Gasteiger partial charge in [0.2, 0.25) is 5.89 Å². The van der Waals surface area contributed by atoms with Crippen molar-refractivity contribution in [2.75, 3.05) is 5.32 Å². The molecular weight excluding hydrogens is 346 g/mol. The van der Waals surface area contributed by atoms with Crippen LogP contribution in [0.2, 0.25) is 0 Å². The first kappa shape index (κ1) is 16.7. The monoisotopic (exact) mass is 365 g/mol. The van der Waals surface area contributed by atoms with Crippen LogP contribution < -0.4 is 5.32 Å². The van der Waals surface area contributed by atoms with E-state index >= 15 is 0 Å². The molecule has 132 valence electrons. The highest BCUT2D eigenvalue weighted by Gasteiger charge is 2.19. The fraction of sp³-hybridized carbons (Fsp3) is 0.263. The lowest BCUT2D eigenvalue weighted by molar-refractivity contribution is 0.384. The number of benzene rings is 1. The predicted octanol–water partition coefficient (Wildman–Crippen LogP) is 4.92. The summed E-state index contributed by atoms with van der Waals surface area (Å²) in [6.45, 7) is 5.78. The molecule has 6 nitrogen and oxygen atoms in total. The molecule has 0 bridgehead atoms. The van der Waals surface area contributed by atoms with Gasteiger partial charge in [-0.2, -0.15) is 4.98 Å². The molecule has 1 unspecified atom stereocenters. The standard InChI is InChI=1S/C19H19N5OS/c1-4-15(18-22-12(3)25-24-18)23-17-14-10-16(13-8-6-5-7-9-13)26-19(14)21-11(2)20-17/h5-10,15H,4H2,1-3H3,(H,20,21,23). The minimum Gasteiger partial charge on any atom is -0.359 e. The molecule has 3 aromatic heterocycles. The Hall–Kier alpha value is -2.80. The Morgan fingerprint density at radius 2 is 1.92 bits per heavy atom. The van der Waals surface area contributed by atoms with Crippen LogP contribution in [0, 0.1) is 13.8 Å². The molecule has 4 rings (SSSR count). The van der Waals surface area contributed by atoms with Crippen molar-refractivity contribution in [3.05, 3.63) is 53.9 Å². The third-order valence-electron chi connectivity index (χ3n) is 4.14. The number of hydrogen-bond acceptors (Lipinski definition) is 7. The first-order chi connectivity index (χ1) is 12.6. The second-order valence-electron chi connectivity index (χ2n) is 6.09. The Morgan fingerprint density at radius 1 is 1.12 bits per heavy atom. The fourth-order valence-electron chi connectivity index (χ4n) is 2.85. The summed E-state index contributed by atoms with van der Waals surface area (Å²) in [6.07, 6.45) is 0.819. The largest absolute Gasteiger partial charge is 0.359 e. The van der Waals surface area contributed by atoms with Crippen LogP contribution in [0.4, 0.5) is 5.82 Å². The highest BCUT2D eigenvalue weighted by atomic mass is 32.1. The zero-order valence-corrected chi connectivity index (χ0v) is 15.7. The molecule has 3 heterocycles. The lowest BCUT2D eigenvalue weighted by atomic mass is 10.1. The minimum atomic E-state index is -0.0648. The summed E-state index contributed by atoms with van der Waals surface area (Å²) < 4.78 is 5.13. The van der Waals surface area contributed by atoms with Gasteiger partial charge in [-0.1, -0.05) is 42.4 Å². The van der Waals surface area contributed by atoms with E-state index in [0.717, 1.165) is 28.3 Å². The van der Waals surface area contributed by atoms with Crippen LogP contribution in [0.15, 0.2) is 40.9 Å². The number of nitrogens with one attached hydrogen (secondary N) is 1. The molecule has 0 amide bonds. The van der Waals surface area contributed by atoms with Crippen molar-refractivity contribution >= 4 is 27.4 Å². The van der Waals surface area contributed by atoms with E-state index in [0.29, 0.717) is 11.7 Å². The van der Waals surface area contributed by atoms with E-state index in [4.69, 9.17) is 4.52 Å². The van der Waals surface area contributed by atoms with Gasteiger partial charge in [0, 0.05) is 11.8 Å². The third-order valence-corrected chi connectivity index (χ3v) is 5.22. The van der Waals surface area contributed by atoms with Crippen LogP contribution in [0.5, 0.6) is 0 Å². The molecule has 0 saturated carbocycles. The summed E-state index contributed by atoms with van der Waals surface area (Å²) in [5.74, 6) is 2.75. The quantitative estimate of drug-likeness (QED) is 0.541. The van der Waals surface area contributed by atoms with Gasteiger partial charge in [0.15, 0.2) is 5.82 Å². The van der Waals surface area contributed by atoms with Gasteiger partial charge in [-0.25, -0.2) is 9.97 Å². The van der Waals surface area contributed by atoms with Crippen LogP contribution in [-0.4, -0.2) is 20.1 Å². The molecule has 1 aromatic carbocycles. The summed E-state index contributed by atoms with van der Waals surface area (Å²) in [6, 6.07) is 12.4. The number of rotatable bonds is 5. The van der Waals surface area contributed by atoms with Crippen molar-refractivity contribution in [2.24, 2.45) is 0 Å². The van der Waals surface area contributed by atoms with Crippen LogP contribution in [0.3, 0.4) is 0 Å². The van der Waals surface area contributed by atoms with Gasteiger partial charge in [-0.15, -0.1) is 11.3 Å². The lowest BCUT2D eigenvalue weighted by Gasteiger charge is -2.14. The minimum absolute atomic E-state index is 0.0648. The van der Waals surface area contributed by atoms with Crippen molar-refractivity contribution in [1.82, 2.24) is 20.1 Å². The Kier molecular flexibility index (Phi) is 4.38. The van der Waals surface area contributed by atoms with Crippen molar-refractivity contribution in [3.63, 3.8) is 0 Å². The topological polar surface area (TPSA) is 76.7 Å². The molecule has 1 N–H and O–H groups in total. The number of nitrogens with zero attached hydrogens (tertiary/aromatic N) is 4. The van der Waals surface area contributed by atoms with Crippen LogP contribution >= 0.6 is 11.3 Å². The van der Waals surface area contributed by atoms with E-state index in [2.05, 4.69) is 50.5 Å². The first-order valence-corrected chi connectivity index (χ1v) is 9.36. The first-order valence-electron chi connectivity index (χ1n) is 8.54. The summed E-state index contributed by atoms with van der Waals surface area (Å²) in [5.41, 5.74) is 1.18. The molecule has 0 saturated heterocycles. The highest BCUT2D eigenvalue weighted by Crippen LogP contribution is 2.36. The van der Waals surface area contributed by atoms with Gasteiger partial charge in [0.1, 0.15) is 16.5 Å². The van der Waals surface area contributed by atoms with Crippen molar-refractivity contribution in [3.8, 4) is 10.4 Å². The fourth-order valence-corrected chi connectivity index (χ4v) is 3.94. The number of anilines is 1. The molecule has 1 atom stereocenters. The molecule has 7 heteroatoms. The third kappa shape index (κ3) is 3.17. The number of thiophene rings is 1. The normalized spacial score (nSPS) is 12.4. The summed E-state index contributed by atoms with van der Waals surface area (Å²) in [7, 11) is 0. The number of fused-ring (bicyclic) bond motifs is 1. The zero-order chi connectivity index (χ0) is 18.1. The summed E-state index contributed by atoms with van der Waals surface area (Å²) in [4.78, 5) is 15.7. The van der Waals surface area contributed by atoms with Gasteiger partial charge in [-0.3, -0.25) is 0 Å². The van der Waals surface area contributed by atoms with E-state index in [1.165, 1.54) is 10.4 Å². The Labute approximate surface area is 155 Å². The maximum Gasteiger partial charge on any atom is 0.223 e. The van der Waals surface area contributed by atoms with E-state index in [-0.39, 0.29) is 6.04 Å². The lowest BCUT2D eigenvalue weighted by Crippen LogP contribution is -2.13. The molecule has 26 heavy (non-hydrogen) atoms. The Bertz CT molecular complexity index is 1040. The molecule has 0 fully saturated rings. The van der Waals surface area contributed by atoms with E-state index in [1.54, 1.807) is 18.3 Å². The van der Waals surface area contributed by atoms with Crippen LogP contribution in [0.25, 0.3) is 20.7 Å². The maximum atomic E-state index is 5.13. The SMILES string of the molecule is CCC(Nc1nc(C)nc2sc(-c3ccccc3)cc12)c1noc(C)n1. The van der Waals surface area contributed by atoms with Crippen LogP contribution in [0.1, 0.15) is 36.9 Å². The Balaban J connectivity index is 1.75. The van der Waals surface area contributed by atoms with Crippen LogP contribution in [-0.2, 0) is 0 Å². The van der Waals surface area contributed by atoms with Gasteiger partial charge >= 0.3 is 0 Å². The molecule has 0 radical (unpaired) electrons. The second-order valence-corrected chi connectivity index (χ2v) is 7.12. The number of aryl methyl sites for hydroxylation is 2. The second kappa shape index (κ2) is 6.84. The molecule has 0 aliphatic carbocycles. The predicted molar refractivity (Wildman–Crippen MR) is 103 cm³/mol. The average molecular weight is 365 g/mol. The van der Waals surface area contributed by atoms with Gasteiger partial charge in [-0.05, 0) is 25.0 Å². The van der Waals surface area contributed by atoms with Crippen molar-refractivity contribution in [2.45, 2.75) is 33.2 Å². The van der Waals surface area contributed by atoms with Crippen molar-refractivity contribution < 1.29 is 4.52 Å². The van der Waals surface area contributed by atoms with Gasteiger partial charge in [0.25, 0.3) is 0 Å². The number of hydrogen-bond donors (Lipinski definition) is 1. The molecule has 0 spiro atoms. The number of aromatic nitrogens is 4. The molecule has 4 aromatic rings. The van der Waals surface area contributed by atoms with Gasteiger partial charge < -0.3 is 9.84 Å². The molecular formula is C19H19N5OS. The van der Waals surface area contributed by atoms with E-state index in [1.807, 2.05) is 25.1 Å². The maximum absolute atomic E-state index is 5.13. The van der Waals surface area contributed by atoms with E-state index < -0.39 is 0 Å². The smallest absolute Gasteiger partial charge is 0.223 e. The molecule has 0 aliphatic heterocycles. The van der Waals surface area contributed by atoms with Crippen molar-refractivity contribution in [1.29, 1.82) is 0 Å². The summed E-state index contributed by atoms with van der Waals surface area (Å²) in [5, 5.41) is 8.54. The average Bonchev–Trinajstić information content (AvgIpc) is 3.26. The van der Waals surface area contributed by atoms with E-state index in [9.17, 15) is 0 Å². The zero-order valence-electron chi connectivity index (χ0n) is 14.9.